The molecule has 2 rings (SSSR count). The molecule has 2 heterocycles. The number of rotatable bonds is 11. The van der Waals surface area contributed by atoms with E-state index < -0.39 is 54.2 Å². The predicted octanol–water partition coefficient (Wildman–Crippen LogP) is 2.10. The van der Waals surface area contributed by atoms with Gasteiger partial charge in [0.2, 0.25) is 0 Å². The summed E-state index contributed by atoms with van der Waals surface area (Å²) >= 11 is 6.59. The molecular weight excluding hydrogens is 488 g/mol. The Balaban J connectivity index is 2.65. The number of nitrogens with one attached hydrogen (secondary N) is 1. The Hall–Kier alpha value is -3.00. The summed E-state index contributed by atoms with van der Waals surface area (Å²) in [4.78, 5) is 58.7. The van der Waals surface area contributed by atoms with Crippen LogP contribution in [0.25, 0.3) is 11.2 Å². The number of carbonyl (C=O) groups excluding carboxylic acids is 4. The van der Waals surface area contributed by atoms with E-state index in [-0.39, 0.29) is 4.64 Å². The normalized spacial score (nSPS) is 14.5. The van der Waals surface area contributed by atoms with Crippen LogP contribution in [0.3, 0.4) is 0 Å². The van der Waals surface area contributed by atoms with Gasteiger partial charge in [0, 0.05) is 27.7 Å². The second-order valence-electron chi connectivity index (χ2n) is 7.00. The van der Waals surface area contributed by atoms with Gasteiger partial charge in [-0.15, -0.1) is 11.8 Å². The summed E-state index contributed by atoms with van der Waals surface area (Å²) < 4.78 is 23.4. The summed E-state index contributed by atoms with van der Waals surface area (Å²) in [6, 6.07) is 0. The van der Waals surface area contributed by atoms with E-state index in [2.05, 4.69) is 15.0 Å². The number of nitrogens with zero attached hydrogens (tertiary/aromatic N) is 3. The molecule has 0 saturated carbocycles. The summed E-state index contributed by atoms with van der Waals surface area (Å²) in [5.74, 6) is -2.18. The molecule has 0 aromatic carbocycles. The van der Waals surface area contributed by atoms with Crippen molar-refractivity contribution in [1.82, 2.24) is 19.5 Å². The number of aromatic nitrogens is 4. The summed E-state index contributed by atoms with van der Waals surface area (Å²) in [5.41, 5.74) is 0.912. The molecule has 0 saturated heterocycles. The van der Waals surface area contributed by atoms with E-state index in [0.29, 0.717) is 16.9 Å². The zero-order valence-electron chi connectivity index (χ0n) is 19.3. The molecule has 0 fully saturated rings. The van der Waals surface area contributed by atoms with Gasteiger partial charge in [0.15, 0.2) is 23.0 Å². The Morgan fingerprint density at radius 1 is 1.00 bits per heavy atom. The lowest BCUT2D eigenvalue weighted by Gasteiger charge is -2.36. The van der Waals surface area contributed by atoms with Crippen LogP contribution in [-0.4, -0.2) is 74.1 Å². The van der Waals surface area contributed by atoms with E-state index in [1.165, 1.54) is 38.3 Å². The number of fused-ring (bicyclic) bond motifs is 1. The lowest BCUT2D eigenvalue weighted by Crippen LogP contribution is -2.50. The van der Waals surface area contributed by atoms with Gasteiger partial charge < -0.3 is 28.5 Å². The summed E-state index contributed by atoms with van der Waals surface area (Å²) in [5, 5.41) is -0.716. The number of esters is 4. The van der Waals surface area contributed by atoms with Crippen LogP contribution in [0, 0.1) is 4.64 Å². The van der Waals surface area contributed by atoms with Crippen molar-refractivity contribution in [3.05, 3.63) is 17.3 Å². The van der Waals surface area contributed by atoms with Crippen LogP contribution in [-0.2, 0) is 38.1 Å². The molecule has 0 aliphatic carbocycles. The third kappa shape index (κ3) is 7.25. The monoisotopic (exact) mass is 514 g/mol. The molecule has 2 aromatic heterocycles. The molecule has 12 nitrogen and oxygen atoms in total. The minimum absolute atomic E-state index is 0.265. The maximum absolute atomic E-state index is 12.1. The van der Waals surface area contributed by atoms with Crippen LogP contribution in [0.4, 0.5) is 0 Å². The first-order valence-electron chi connectivity index (χ1n) is 10.2. The SMILES string of the molecule is CCS[C@H]([C@H](OC(C)=O)[C@H](OC(C)=O)[C@@H](COC(C)=O)OC(C)=O)n1cnc2c(=S)nc[nH]c21. The van der Waals surface area contributed by atoms with Gasteiger partial charge in [0.25, 0.3) is 0 Å². The summed E-state index contributed by atoms with van der Waals surface area (Å²) in [6.45, 7) is 6.15. The van der Waals surface area contributed by atoms with Gasteiger partial charge in [-0.05, 0) is 5.75 Å². The molecule has 0 spiro atoms. The van der Waals surface area contributed by atoms with Crippen molar-refractivity contribution in [2.75, 3.05) is 12.4 Å². The van der Waals surface area contributed by atoms with Gasteiger partial charge in [0.05, 0.1) is 12.7 Å². The summed E-state index contributed by atoms with van der Waals surface area (Å²) in [7, 11) is 0. The average Bonchev–Trinajstić information content (AvgIpc) is 3.16. The second kappa shape index (κ2) is 12.5. The first kappa shape index (κ1) is 27.2. The zero-order valence-corrected chi connectivity index (χ0v) is 20.9. The number of H-pyrrole nitrogens is 1. The third-order valence-electron chi connectivity index (χ3n) is 4.33. The fourth-order valence-electron chi connectivity index (χ4n) is 3.20. The van der Waals surface area contributed by atoms with Gasteiger partial charge in [-0.1, -0.05) is 19.1 Å². The molecule has 186 valence electrons. The van der Waals surface area contributed by atoms with Gasteiger partial charge in [-0.25, -0.2) is 9.97 Å². The molecule has 0 aliphatic rings. The molecular formula is C20H26N4O8S2. The highest BCUT2D eigenvalue weighted by Gasteiger charge is 2.43. The van der Waals surface area contributed by atoms with Crippen molar-refractivity contribution in [2.24, 2.45) is 0 Å². The van der Waals surface area contributed by atoms with Crippen LogP contribution in [0.2, 0.25) is 0 Å². The predicted molar refractivity (Wildman–Crippen MR) is 123 cm³/mol. The fraction of sp³-hybridized carbons (Fsp3) is 0.550. The van der Waals surface area contributed by atoms with Crippen molar-refractivity contribution in [2.45, 2.75) is 58.3 Å². The number of thioether (sulfide) groups is 1. The number of imidazole rings is 1. The Labute approximate surface area is 204 Å². The lowest BCUT2D eigenvalue weighted by molar-refractivity contribution is -0.190. The van der Waals surface area contributed by atoms with Gasteiger partial charge >= 0.3 is 23.9 Å². The van der Waals surface area contributed by atoms with Crippen LogP contribution in [0.1, 0.15) is 40.0 Å². The second-order valence-corrected chi connectivity index (χ2v) is 8.78. The van der Waals surface area contributed by atoms with Gasteiger partial charge in [-0.2, -0.15) is 0 Å². The Morgan fingerprint density at radius 3 is 2.18 bits per heavy atom. The maximum atomic E-state index is 12.1. The lowest BCUT2D eigenvalue weighted by atomic mass is 10.1. The van der Waals surface area contributed by atoms with Gasteiger partial charge in [0.1, 0.15) is 23.1 Å². The topological polar surface area (TPSA) is 152 Å². The van der Waals surface area contributed by atoms with Crippen LogP contribution in [0.5, 0.6) is 0 Å². The van der Waals surface area contributed by atoms with Gasteiger partial charge in [-0.3, -0.25) is 19.2 Å². The van der Waals surface area contributed by atoms with E-state index in [9.17, 15) is 19.2 Å². The van der Waals surface area contributed by atoms with E-state index in [0.717, 1.165) is 13.8 Å². The van der Waals surface area contributed by atoms with Crippen LogP contribution < -0.4 is 0 Å². The Kier molecular flexibility index (Phi) is 9.98. The zero-order chi connectivity index (χ0) is 25.4. The quantitative estimate of drug-likeness (QED) is 0.265. The number of ether oxygens (including phenoxy) is 4. The van der Waals surface area contributed by atoms with Crippen molar-refractivity contribution >= 4 is 59.0 Å². The van der Waals surface area contributed by atoms with E-state index in [4.69, 9.17) is 31.2 Å². The molecule has 1 N–H and O–H groups in total. The number of aromatic amines is 1. The van der Waals surface area contributed by atoms with Crippen molar-refractivity contribution in [3.8, 4) is 0 Å². The third-order valence-corrected chi connectivity index (χ3v) is 5.80. The standard InChI is InChI=1S/C20H26N4O8S2/c1-6-34-20(24-9-23-15-18(24)21-8-22-19(15)33)17(32-13(5)28)16(31-12(4)27)14(30-11(3)26)7-29-10(2)25/h8-9,14,16-17,20H,6-7H2,1-5H3,(H,21,22,33)/t14-,16-,17-,20-/m1/s1. The largest absolute Gasteiger partial charge is 0.462 e. The number of carbonyl (C=O) groups is 4. The van der Waals surface area contributed by atoms with E-state index in [1.807, 2.05) is 6.92 Å². The number of hydrogen-bond donors (Lipinski definition) is 1. The van der Waals surface area contributed by atoms with Crippen LogP contribution in [0.15, 0.2) is 12.7 Å². The first-order valence-corrected chi connectivity index (χ1v) is 11.7. The fourth-order valence-corrected chi connectivity index (χ4v) is 4.47. The minimum Gasteiger partial charge on any atom is -0.462 e. The Bertz CT molecular complexity index is 1100. The molecule has 0 aliphatic heterocycles. The Morgan fingerprint density at radius 2 is 1.62 bits per heavy atom. The van der Waals surface area contributed by atoms with E-state index in [1.54, 1.807) is 4.57 Å². The van der Waals surface area contributed by atoms with Crippen molar-refractivity contribution in [1.29, 1.82) is 0 Å². The molecule has 14 heteroatoms. The molecule has 0 radical (unpaired) electrons. The van der Waals surface area contributed by atoms with E-state index >= 15 is 0 Å². The minimum atomic E-state index is -1.32. The molecule has 0 bridgehead atoms. The molecule has 0 unspecified atom stereocenters. The summed E-state index contributed by atoms with van der Waals surface area (Å²) in [6.07, 6.45) is -0.872. The molecule has 2 aromatic rings. The van der Waals surface area contributed by atoms with Crippen molar-refractivity contribution < 1.29 is 38.1 Å². The first-order chi connectivity index (χ1) is 16.0. The highest BCUT2D eigenvalue weighted by molar-refractivity contribution is 7.99. The maximum Gasteiger partial charge on any atom is 0.303 e. The highest BCUT2D eigenvalue weighted by atomic mass is 32.2. The highest BCUT2D eigenvalue weighted by Crippen LogP contribution is 2.35. The molecule has 0 amide bonds. The molecule has 34 heavy (non-hydrogen) atoms. The smallest absolute Gasteiger partial charge is 0.303 e. The average molecular weight is 515 g/mol. The molecule has 4 atom stereocenters. The van der Waals surface area contributed by atoms with Crippen LogP contribution >= 0.6 is 24.0 Å². The van der Waals surface area contributed by atoms with Crippen molar-refractivity contribution in [3.63, 3.8) is 0 Å². The number of hydrogen-bond acceptors (Lipinski definition) is 12.